The molecule has 2 atom stereocenters. The summed E-state index contributed by atoms with van der Waals surface area (Å²) in [6.07, 6.45) is 2.21. The van der Waals surface area contributed by atoms with Crippen molar-refractivity contribution in [2.75, 3.05) is 17.1 Å². The van der Waals surface area contributed by atoms with Crippen molar-refractivity contribution in [3.05, 3.63) is 101 Å². The largest absolute Gasteiger partial charge is 0.352 e. The third-order valence-electron chi connectivity index (χ3n) is 7.02. The zero-order valence-electron chi connectivity index (χ0n) is 24.2. The summed E-state index contributed by atoms with van der Waals surface area (Å²) in [5.74, 6) is -1.18. The molecule has 0 aliphatic rings. The van der Waals surface area contributed by atoms with Crippen molar-refractivity contribution in [2.45, 2.75) is 65.1 Å². The van der Waals surface area contributed by atoms with E-state index in [1.54, 1.807) is 11.0 Å². The lowest BCUT2D eigenvalue weighted by Gasteiger charge is -2.32. The fourth-order valence-corrected chi connectivity index (χ4v) is 5.49. The fraction of sp³-hybridized carbons (Fsp3) is 0.375. The van der Waals surface area contributed by atoms with Gasteiger partial charge in [0.1, 0.15) is 11.9 Å². The fourth-order valence-electron chi connectivity index (χ4n) is 4.52. The van der Waals surface area contributed by atoms with E-state index in [2.05, 4.69) is 5.32 Å². The minimum absolute atomic E-state index is 0.0196. The Morgan fingerprint density at radius 1 is 0.927 bits per heavy atom. The van der Waals surface area contributed by atoms with Crippen LogP contribution >= 0.6 is 0 Å². The van der Waals surface area contributed by atoms with Crippen molar-refractivity contribution in [3.63, 3.8) is 0 Å². The monoisotopic (exact) mass is 581 g/mol. The average molecular weight is 582 g/mol. The van der Waals surface area contributed by atoms with E-state index in [4.69, 9.17) is 0 Å². The molecule has 3 rings (SSSR count). The number of carbonyl (C=O) groups is 2. The number of nitrogens with one attached hydrogen (secondary N) is 1. The van der Waals surface area contributed by atoms with E-state index in [-0.39, 0.29) is 49.5 Å². The molecule has 0 bridgehead atoms. The van der Waals surface area contributed by atoms with Crippen LogP contribution in [0, 0.1) is 12.7 Å². The first kappa shape index (κ1) is 31.8. The number of amides is 2. The molecule has 3 aromatic rings. The van der Waals surface area contributed by atoms with Crippen LogP contribution in [0.3, 0.4) is 0 Å². The lowest BCUT2D eigenvalue weighted by atomic mass is 10.0. The quantitative estimate of drug-likeness (QED) is 0.282. The van der Waals surface area contributed by atoms with Crippen LogP contribution in [-0.4, -0.2) is 50.0 Å². The van der Waals surface area contributed by atoms with E-state index >= 15 is 0 Å². The highest BCUT2D eigenvalue weighted by atomic mass is 32.2. The van der Waals surface area contributed by atoms with Crippen LogP contribution in [-0.2, 0) is 32.6 Å². The Bertz CT molecular complexity index is 1400. The first-order chi connectivity index (χ1) is 19.5. The lowest BCUT2D eigenvalue weighted by Crippen LogP contribution is -2.52. The maximum atomic E-state index is 14.5. The molecule has 0 heterocycles. The number of hydrogen-bond acceptors (Lipinski definition) is 4. The number of sulfonamides is 1. The van der Waals surface area contributed by atoms with Gasteiger partial charge >= 0.3 is 0 Å². The second kappa shape index (κ2) is 14.8. The summed E-state index contributed by atoms with van der Waals surface area (Å²) >= 11 is 0. The van der Waals surface area contributed by atoms with Crippen LogP contribution in [0.4, 0.5) is 10.1 Å². The molecule has 7 nitrogen and oxygen atoms in total. The number of carbonyl (C=O) groups excluding carboxylic acids is 2. The van der Waals surface area contributed by atoms with Gasteiger partial charge in [-0.2, -0.15) is 0 Å². The van der Waals surface area contributed by atoms with Crippen LogP contribution in [0.2, 0.25) is 0 Å². The number of rotatable bonds is 14. The molecule has 0 aromatic heterocycles. The van der Waals surface area contributed by atoms with E-state index in [1.165, 1.54) is 18.2 Å². The molecular formula is C32H40FN3O4S. The zero-order chi connectivity index (χ0) is 30.0. The highest BCUT2D eigenvalue weighted by Gasteiger charge is 2.31. The molecule has 9 heteroatoms. The topological polar surface area (TPSA) is 86.8 Å². The van der Waals surface area contributed by atoms with Gasteiger partial charge < -0.3 is 10.2 Å². The van der Waals surface area contributed by atoms with E-state index in [1.807, 2.05) is 75.4 Å². The second-order valence-electron chi connectivity index (χ2n) is 10.4. The van der Waals surface area contributed by atoms with Gasteiger partial charge in [0.25, 0.3) is 0 Å². The molecule has 0 radical (unpaired) electrons. The van der Waals surface area contributed by atoms with E-state index in [0.29, 0.717) is 6.42 Å². The molecule has 0 unspecified atom stereocenters. The number of aryl methyl sites for hydroxylation is 1. The van der Waals surface area contributed by atoms with Crippen molar-refractivity contribution >= 4 is 27.5 Å². The summed E-state index contributed by atoms with van der Waals surface area (Å²) in [4.78, 5) is 29.0. The maximum Gasteiger partial charge on any atom is 0.243 e. The maximum absolute atomic E-state index is 14.5. The Balaban J connectivity index is 1.89. The highest BCUT2D eigenvalue weighted by molar-refractivity contribution is 7.92. The SMILES string of the molecule is CC[C@H](C)NC(=O)[C@@H](Cc1ccccc1)N(Cc1ccc(C)cc1)C(=O)CCCN(c1ccccc1F)S(C)(=O)=O. The van der Waals surface area contributed by atoms with Crippen LogP contribution in [0.5, 0.6) is 0 Å². The first-order valence-electron chi connectivity index (χ1n) is 13.9. The summed E-state index contributed by atoms with van der Waals surface area (Å²) in [5.41, 5.74) is 2.81. The van der Waals surface area contributed by atoms with Crippen LogP contribution in [0.25, 0.3) is 0 Å². The number of halogens is 1. The van der Waals surface area contributed by atoms with Gasteiger partial charge in [0.05, 0.1) is 11.9 Å². The summed E-state index contributed by atoms with van der Waals surface area (Å²) in [5, 5.41) is 3.04. The van der Waals surface area contributed by atoms with E-state index in [9.17, 15) is 22.4 Å². The molecule has 0 saturated carbocycles. The molecule has 220 valence electrons. The molecular weight excluding hydrogens is 541 g/mol. The van der Waals surface area contributed by atoms with Crippen LogP contribution < -0.4 is 9.62 Å². The third-order valence-corrected chi connectivity index (χ3v) is 8.20. The van der Waals surface area contributed by atoms with Crippen molar-refractivity contribution in [1.82, 2.24) is 10.2 Å². The molecule has 41 heavy (non-hydrogen) atoms. The van der Waals surface area contributed by atoms with Gasteiger partial charge in [-0.1, -0.05) is 79.2 Å². The molecule has 0 spiro atoms. The van der Waals surface area contributed by atoms with Gasteiger partial charge in [-0.3, -0.25) is 13.9 Å². The Hall–Kier alpha value is -3.72. The van der Waals surface area contributed by atoms with Gasteiger partial charge in [0, 0.05) is 32.0 Å². The number of benzene rings is 3. The molecule has 0 saturated heterocycles. The smallest absolute Gasteiger partial charge is 0.243 e. The Kier molecular flexibility index (Phi) is 11.5. The average Bonchev–Trinajstić information content (AvgIpc) is 2.94. The molecule has 0 aliphatic heterocycles. The number of nitrogens with zero attached hydrogens (tertiary/aromatic N) is 2. The molecule has 0 fully saturated rings. The summed E-state index contributed by atoms with van der Waals surface area (Å²) in [7, 11) is -3.79. The summed E-state index contributed by atoms with van der Waals surface area (Å²) < 4.78 is 40.5. The predicted octanol–water partition coefficient (Wildman–Crippen LogP) is 5.24. The first-order valence-corrected chi connectivity index (χ1v) is 15.8. The summed E-state index contributed by atoms with van der Waals surface area (Å²) in [6, 6.07) is 22.1. The van der Waals surface area contributed by atoms with E-state index < -0.39 is 21.9 Å². The van der Waals surface area contributed by atoms with Crippen molar-refractivity contribution < 1.29 is 22.4 Å². The van der Waals surface area contributed by atoms with Crippen molar-refractivity contribution in [2.24, 2.45) is 0 Å². The predicted molar refractivity (Wildman–Crippen MR) is 161 cm³/mol. The lowest BCUT2D eigenvalue weighted by molar-refractivity contribution is -0.141. The Morgan fingerprint density at radius 3 is 2.17 bits per heavy atom. The van der Waals surface area contributed by atoms with Gasteiger partial charge in [-0.15, -0.1) is 0 Å². The highest BCUT2D eigenvalue weighted by Crippen LogP contribution is 2.23. The molecule has 1 N–H and O–H groups in total. The van der Waals surface area contributed by atoms with Crippen LogP contribution in [0.15, 0.2) is 78.9 Å². The number of hydrogen-bond donors (Lipinski definition) is 1. The minimum Gasteiger partial charge on any atom is -0.352 e. The Morgan fingerprint density at radius 2 is 1.56 bits per heavy atom. The Labute approximate surface area is 243 Å². The normalized spacial score (nSPS) is 12.8. The summed E-state index contributed by atoms with van der Waals surface area (Å²) in [6.45, 7) is 6.02. The van der Waals surface area contributed by atoms with E-state index in [0.717, 1.165) is 33.7 Å². The standard InChI is InChI=1S/C32H40FN3O4S/c1-5-25(3)34-32(38)30(22-26-12-7-6-8-13-26)35(23-27-19-17-24(2)18-20-27)31(37)16-11-21-36(41(4,39)40)29-15-10-9-14-28(29)33/h6-10,12-15,17-20,25,30H,5,11,16,21-23H2,1-4H3,(H,34,38)/t25-,30+/m0/s1. The molecule has 3 aromatic carbocycles. The number of anilines is 1. The zero-order valence-corrected chi connectivity index (χ0v) is 25.0. The second-order valence-corrected chi connectivity index (χ2v) is 12.3. The number of para-hydroxylation sites is 1. The van der Waals surface area contributed by atoms with Gasteiger partial charge in [0.15, 0.2) is 0 Å². The van der Waals surface area contributed by atoms with Gasteiger partial charge in [-0.25, -0.2) is 12.8 Å². The van der Waals surface area contributed by atoms with Crippen molar-refractivity contribution in [1.29, 1.82) is 0 Å². The van der Waals surface area contributed by atoms with Crippen molar-refractivity contribution in [3.8, 4) is 0 Å². The minimum atomic E-state index is -3.79. The van der Waals surface area contributed by atoms with Gasteiger partial charge in [0.2, 0.25) is 21.8 Å². The molecule has 2 amide bonds. The molecule has 0 aliphatic carbocycles. The van der Waals surface area contributed by atoms with Gasteiger partial charge in [-0.05, 0) is 49.9 Å². The third kappa shape index (κ3) is 9.42. The van der Waals surface area contributed by atoms with Crippen LogP contribution in [0.1, 0.15) is 49.8 Å².